The molecule has 0 atom stereocenters. The number of ether oxygens (including phenoxy) is 1. The molecule has 0 amide bonds. The molecule has 1 saturated heterocycles. The number of fused-ring (bicyclic) bond motifs is 1. The Morgan fingerprint density at radius 3 is 2.57 bits per heavy atom. The van der Waals surface area contributed by atoms with Gasteiger partial charge in [-0.15, -0.1) is 0 Å². The average Bonchev–Trinajstić information content (AvgIpc) is 3.53. The third-order valence-corrected chi connectivity index (χ3v) is 8.02. The van der Waals surface area contributed by atoms with Crippen LogP contribution in [0.1, 0.15) is 24.8 Å². The van der Waals surface area contributed by atoms with Gasteiger partial charge in [0.2, 0.25) is 10.0 Å². The number of nitrogens with zero attached hydrogens (tertiary/aromatic N) is 1. The third kappa shape index (κ3) is 5.64. The van der Waals surface area contributed by atoms with Crippen LogP contribution < -0.4 is 14.4 Å². The SMILES string of the molecule is O=S(=O)(NCCCc1c[nH]c2ccc(Cl)cc12)c1ccc(Oc2cccc(N3CCCC3)c2)cc1. The largest absolute Gasteiger partial charge is 0.457 e. The van der Waals surface area contributed by atoms with E-state index in [2.05, 4.69) is 20.7 Å². The highest BCUT2D eigenvalue weighted by atomic mass is 35.5. The summed E-state index contributed by atoms with van der Waals surface area (Å²) in [6, 6.07) is 20.3. The Balaban J connectivity index is 1.16. The van der Waals surface area contributed by atoms with E-state index in [0.717, 1.165) is 47.4 Å². The number of aromatic amines is 1. The van der Waals surface area contributed by atoms with E-state index in [1.807, 2.05) is 42.6 Å². The first-order valence-corrected chi connectivity index (χ1v) is 13.7. The number of hydrogen-bond acceptors (Lipinski definition) is 4. The van der Waals surface area contributed by atoms with Crippen molar-refractivity contribution in [2.24, 2.45) is 0 Å². The van der Waals surface area contributed by atoms with Crippen molar-refractivity contribution in [2.75, 3.05) is 24.5 Å². The molecular weight excluding hydrogens is 482 g/mol. The maximum atomic E-state index is 12.7. The molecule has 0 spiro atoms. The minimum Gasteiger partial charge on any atom is -0.457 e. The van der Waals surface area contributed by atoms with Gasteiger partial charge in [0.15, 0.2) is 0 Å². The molecule has 182 valence electrons. The minimum atomic E-state index is -3.60. The van der Waals surface area contributed by atoms with Crippen molar-refractivity contribution in [3.63, 3.8) is 0 Å². The summed E-state index contributed by atoms with van der Waals surface area (Å²) in [5.41, 5.74) is 3.30. The highest BCUT2D eigenvalue weighted by molar-refractivity contribution is 7.89. The molecule has 1 fully saturated rings. The predicted molar refractivity (Wildman–Crippen MR) is 141 cm³/mol. The van der Waals surface area contributed by atoms with Gasteiger partial charge in [0.25, 0.3) is 0 Å². The molecule has 4 aromatic rings. The molecule has 0 saturated carbocycles. The van der Waals surface area contributed by atoms with Crippen LogP contribution in [0, 0.1) is 0 Å². The van der Waals surface area contributed by atoms with Gasteiger partial charge in [-0.05, 0) is 85.8 Å². The van der Waals surface area contributed by atoms with Gasteiger partial charge < -0.3 is 14.6 Å². The topological polar surface area (TPSA) is 74.4 Å². The van der Waals surface area contributed by atoms with E-state index < -0.39 is 10.0 Å². The maximum absolute atomic E-state index is 12.7. The Hall–Kier alpha value is -3.00. The van der Waals surface area contributed by atoms with E-state index in [-0.39, 0.29) is 4.90 Å². The van der Waals surface area contributed by atoms with Gasteiger partial charge in [-0.1, -0.05) is 17.7 Å². The fraction of sp³-hybridized carbons (Fsp3) is 0.259. The molecule has 1 aliphatic rings. The number of halogens is 1. The molecule has 5 rings (SSSR count). The normalized spacial score (nSPS) is 14.0. The van der Waals surface area contributed by atoms with Crippen molar-refractivity contribution in [1.29, 1.82) is 0 Å². The summed E-state index contributed by atoms with van der Waals surface area (Å²) in [7, 11) is -3.60. The summed E-state index contributed by atoms with van der Waals surface area (Å²) in [6.07, 6.45) is 5.80. The Bertz CT molecular complexity index is 1410. The molecule has 1 aromatic heterocycles. The highest BCUT2D eigenvalue weighted by Crippen LogP contribution is 2.28. The van der Waals surface area contributed by atoms with Crippen LogP contribution in [-0.2, 0) is 16.4 Å². The van der Waals surface area contributed by atoms with Crippen molar-refractivity contribution in [3.8, 4) is 11.5 Å². The lowest BCUT2D eigenvalue weighted by Crippen LogP contribution is -2.25. The van der Waals surface area contributed by atoms with E-state index in [1.165, 1.54) is 12.8 Å². The zero-order valence-corrected chi connectivity index (χ0v) is 20.9. The zero-order valence-electron chi connectivity index (χ0n) is 19.3. The fourth-order valence-electron chi connectivity index (χ4n) is 4.47. The van der Waals surface area contributed by atoms with Crippen LogP contribution in [0.15, 0.2) is 77.8 Å². The van der Waals surface area contributed by atoms with Crippen LogP contribution in [0.4, 0.5) is 5.69 Å². The summed E-state index contributed by atoms with van der Waals surface area (Å²) in [6.45, 7) is 2.48. The number of sulfonamides is 1. The van der Waals surface area contributed by atoms with Crippen LogP contribution in [0.2, 0.25) is 5.02 Å². The van der Waals surface area contributed by atoms with Crippen molar-refractivity contribution in [1.82, 2.24) is 9.71 Å². The summed E-state index contributed by atoms with van der Waals surface area (Å²) in [5.74, 6) is 1.34. The number of benzene rings is 3. The van der Waals surface area contributed by atoms with Gasteiger partial charge in [-0.25, -0.2) is 13.1 Å². The lowest BCUT2D eigenvalue weighted by molar-refractivity contribution is 0.482. The van der Waals surface area contributed by atoms with Crippen LogP contribution in [0.5, 0.6) is 11.5 Å². The zero-order chi connectivity index (χ0) is 24.3. The number of nitrogens with one attached hydrogen (secondary N) is 2. The summed E-state index contributed by atoms with van der Waals surface area (Å²) in [4.78, 5) is 5.79. The predicted octanol–water partition coefficient (Wildman–Crippen LogP) is 6.12. The quantitative estimate of drug-likeness (QED) is 0.266. The van der Waals surface area contributed by atoms with Crippen LogP contribution in [0.25, 0.3) is 10.9 Å². The summed E-state index contributed by atoms with van der Waals surface area (Å²) in [5, 5.41) is 1.76. The van der Waals surface area contributed by atoms with Crippen LogP contribution in [0.3, 0.4) is 0 Å². The maximum Gasteiger partial charge on any atom is 0.240 e. The van der Waals surface area contributed by atoms with E-state index in [9.17, 15) is 8.42 Å². The molecular formula is C27H28ClN3O3S. The van der Waals surface area contributed by atoms with E-state index in [4.69, 9.17) is 16.3 Å². The fourth-order valence-corrected chi connectivity index (χ4v) is 5.71. The molecule has 35 heavy (non-hydrogen) atoms. The van der Waals surface area contributed by atoms with Crippen LogP contribution in [-0.4, -0.2) is 33.0 Å². The molecule has 2 N–H and O–H groups in total. The van der Waals surface area contributed by atoms with Crippen molar-refractivity contribution < 1.29 is 13.2 Å². The van der Waals surface area contributed by atoms with Crippen molar-refractivity contribution in [3.05, 3.63) is 83.5 Å². The number of aromatic nitrogens is 1. The molecule has 0 aliphatic carbocycles. The molecule has 1 aliphatic heterocycles. The van der Waals surface area contributed by atoms with Gasteiger partial charge in [0.1, 0.15) is 11.5 Å². The van der Waals surface area contributed by atoms with E-state index in [0.29, 0.717) is 23.7 Å². The first-order valence-electron chi connectivity index (χ1n) is 11.9. The molecule has 3 aromatic carbocycles. The Labute approximate surface area is 210 Å². The second-order valence-corrected chi connectivity index (χ2v) is 11.0. The summed E-state index contributed by atoms with van der Waals surface area (Å²) < 4.78 is 34.1. The third-order valence-electron chi connectivity index (χ3n) is 6.30. The number of anilines is 1. The monoisotopic (exact) mass is 509 g/mol. The Morgan fingerprint density at radius 1 is 0.971 bits per heavy atom. The molecule has 6 nitrogen and oxygen atoms in total. The Kier molecular flexibility index (Phi) is 7.00. The number of H-pyrrole nitrogens is 1. The number of hydrogen-bond donors (Lipinski definition) is 2. The van der Waals surface area contributed by atoms with Gasteiger partial charge >= 0.3 is 0 Å². The van der Waals surface area contributed by atoms with Gasteiger partial charge in [-0.3, -0.25) is 0 Å². The number of aryl methyl sites for hydroxylation is 1. The molecule has 0 unspecified atom stereocenters. The lowest BCUT2D eigenvalue weighted by atomic mass is 10.1. The van der Waals surface area contributed by atoms with Gasteiger partial charge in [0, 0.05) is 53.5 Å². The van der Waals surface area contributed by atoms with Gasteiger partial charge in [-0.2, -0.15) is 0 Å². The molecule has 0 radical (unpaired) electrons. The second-order valence-electron chi connectivity index (χ2n) is 8.77. The number of rotatable bonds is 9. The van der Waals surface area contributed by atoms with E-state index in [1.54, 1.807) is 24.3 Å². The Morgan fingerprint density at radius 2 is 1.77 bits per heavy atom. The summed E-state index contributed by atoms with van der Waals surface area (Å²) >= 11 is 6.11. The van der Waals surface area contributed by atoms with Crippen LogP contribution >= 0.6 is 11.6 Å². The average molecular weight is 510 g/mol. The first-order chi connectivity index (χ1) is 17.0. The lowest BCUT2D eigenvalue weighted by Gasteiger charge is -2.18. The molecule has 8 heteroatoms. The van der Waals surface area contributed by atoms with Gasteiger partial charge in [0.05, 0.1) is 4.90 Å². The first kappa shape index (κ1) is 23.7. The van der Waals surface area contributed by atoms with Crippen molar-refractivity contribution in [2.45, 2.75) is 30.6 Å². The van der Waals surface area contributed by atoms with Crippen molar-refractivity contribution >= 4 is 38.2 Å². The standard InChI is InChI=1S/C27H28ClN3O3S/c28-21-8-13-27-26(17-21)20(19-29-27)5-4-14-30-35(32,33)25-11-9-23(10-12-25)34-24-7-3-6-22(18-24)31-15-1-2-16-31/h3,6-13,17-19,29-30H,1-2,4-5,14-16H2. The molecule has 0 bridgehead atoms. The second kappa shape index (κ2) is 10.3. The minimum absolute atomic E-state index is 0.217. The smallest absolute Gasteiger partial charge is 0.240 e. The van der Waals surface area contributed by atoms with E-state index >= 15 is 0 Å². The molecule has 2 heterocycles. The highest BCUT2D eigenvalue weighted by Gasteiger charge is 2.15.